The van der Waals surface area contributed by atoms with E-state index in [1.165, 1.54) is 0 Å². The van der Waals surface area contributed by atoms with Gasteiger partial charge in [-0.3, -0.25) is 9.30 Å². The first-order chi connectivity index (χ1) is 8.78. The zero-order valence-corrected chi connectivity index (χ0v) is 11.6. The summed E-state index contributed by atoms with van der Waals surface area (Å²) in [7, 11) is 0. The van der Waals surface area contributed by atoms with Gasteiger partial charge in [-0.1, -0.05) is 11.6 Å². The van der Waals surface area contributed by atoms with E-state index < -0.39 is 0 Å². The highest BCUT2D eigenvalue weighted by Gasteiger charge is 2.21. The molecule has 18 heavy (non-hydrogen) atoms. The second kappa shape index (κ2) is 5.17. The van der Waals surface area contributed by atoms with Gasteiger partial charge in [0, 0.05) is 24.7 Å². The van der Waals surface area contributed by atoms with Crippen molar-refractivity contribution >= 4 is 27.9 Å². The van der Waals surface area contributed by atoms with E-state index in [1.807, 2.05) is 11.6 Å². The van der Waals surface area contributed by atoms with Crippen LogP contribution in [0, 0.1) is 5.92 Å². The summed E-state index contributed by atoms with van der Waals surface area (Å²) in [4.78, 5) is 7.70. The van der Waals surface area contributed by atoms with Crippen molar-refractivity contribution in [2.45, 2.75) is 19.4 Å². The van der Waals surface area contributed by atoms with E-state index in [-0.39, 0.29) is 0 Å². The van der Waals surface area contributed by atoms with E-state index >= 15 is 0 Å². The Hall–Kier alpha value is -0.620. The van der Waals surface area contributed by atoms with Crippen molar-refractivity contribution in [3.63, 3.8) is 0 Å². The van der Waals surface area contributed by atoms with Crippen molar-refractivity contribution in [3.05, 3.63) is 22.4 Å². The third kappa shape index (κ3) is 2.28. The molecule has 3 heterocycles. The van der Waals surface area contributed by atoms with Crippen molar-refractivity contribution in [1.82, 2.24) is 14.3 Å². The molecule has 0 aromatic carbocycles. The fourth-order valence-corrected chi connectivity index (χ4v) is 3.50. The Morgan fingerprint density at radius 1 is 1.44 bits per heavy atom. The molecule has 0 atom stereocenters. The molecule has 1 fully saturated rings. The van der Waals surface area contributed by atoms with Crippen molar-refractivity contribution in [2.75, 3.05) is 19.7 Å². The summed E-state index contributed by atoms with van der Waals surface area (Å²) in [6.45, 7) is 3.21. The third-order valence-electron chi connectivity index (χ3n) is 3.65. The van der Waals surface area contributed by atoms with Crippen LogP contribution in [0.15, 0.2) is 11.6 Å². The van der Waals surface area contributed by atoms with Crippen LogP contribution in [0.1, 0.15) is 18.5 Å². The number of piperidine rings is 1. The number of fused-ring (bicyclic) bond motifs is 1. The van der Waals surface area contributed by atoms with Crippen molar-refractivity contribution < 1.29 is 5.11 Å². The summed E-state index contributed by atoms with van der Waals surface area (Å²) >= 11 is 7.80. The number of hydrogen-bond donors (Lipinski definition) is 1. The standard InChI is InChI=1S/C12H16ClN3OS/c13-11-10(16-5-6-18-12(16)14-11)7-15-3-1-9(8-17)2-4-15/h5-6,9,17H,1-4,7-8H2. The van der Waals surface area contributed by atoms with Gasteiger partial charge in [0.15, 0.2) is 10.1 Å². The number of likely N-dealkylation sites (tertiary alicyclic amines) is 1. The van der Waals surface area contributed by atoms with Gasteiger partial charge in [0.2, 0.25) is 0 Å². The van der Waals surface area contributed by atoms with Crippen LogP contribution < -0.4 is 0 Å². The second-order valence-corrected chi connectivity index (χ2v) is 6.04. The number of hydrogen-bond acceptors (Lipinski definition) is 4. The maximum Gasteiger partial charge on any atom is 0.195 e. The van der Waals surface area contributed by atoms with Crippen LogP contribution in [0.5, 0.6) is 0 Å². The summed E-state index contributed by atoms with van der Waals surface area (Å²) in [6.07, 6.45) is 4.16. The number of nitrogens with zero attached hydrogens (tertiary/aromatic N) is 3. The van der Waals surface area contributed by atoms with Crippen LogP contribution >= 0.6 is 22.9 Å². The number of aromatic nitrogens is 2. The summed E-state index contributed by atoms with van der Waals surface area (Å²) in [5.74, 6) is 0.475. The molecular formula is C12H16ClN3OS. The zero-order valence-electron chi connectivity index (χ0n) is 10.0. The van der Waals surface area contributed by atoms with Gasteiger partial charge in [0.1, 0.15) is 0 Å². The lowest BCUT2D eigenvalue weighted by Gasteiger charge is -2.30. The molecule has 2 aromatic rings. The molecule has 0 radical (unpaired) electrons. The molecule has 3 rings (SSSR count). The Kier molecular flexibility index (Phi) is 3.56. The van der Waals surface area contributed by atoms with E-state index in [4.69, 9.17) is 16.7 Å². The van der Waals surface area contributed by atoms with Gasteiger partial charge in [-0.15, -0.1) is 11.3 Å². The molecule has 2 aromatic heterocycles. The van der Waals surface area contributed by atoms with Crippen LogP contribution in [0.25, 0.3) is 4.96 Å². The molecule has 0 bridgehead atoms. The van der Waals surface area contributed by atoms with Gasteiger partial charge in [-0.2, -0.15) is 0 Å². The highest BCUT2D eigenvalue weighted by atomic mass is 35.5. The highest BCUT2D eigenvalue weighted by molar-refractivity contribution is 7.15. The maximum atomic E-state index is 9.14. The van der Waals surface area contributed by atoms with E-state index in [9.17, 15) is 0 Å². The number of thiazole rings is 1. The summed E-state index contributed by atoms with van der Waals surface area (Å²) in [6, 6.07) is 0. The van der Waals surface area contributed by atoms with E-state index in [1.54, 1.807) is 11.3 Å². The Bertz CT molecular complexity index is 530. The molecular weight excluding hydrogens is 270 g/mol. The minimum absolute atomic E-state index is 0.316. The lowest BCUT2D eigenvalue weighted by Crippen LogP contribution is -2.34. The normalized spacial score (nSPS) is 18.8. The first-order valence-electron chi connectivity index (χ1n) is 6.21. The number of aliphatic hydroxyl groups excluding tert-OH is 1. The van der Waals surface area contributed by atoms with Crippen LogP contribution in [0.2, 0.25) is 5.15 Å². The largest absolute Gasteiger partial charge is 0.396 e. The van der Waals surface area contributed by atoms with E-state index in [0.717, 1.165) is 43.1 Å². The van der Waals surface area contributed by atoms with Crippen molar-refractivity contribution in [3.8, 4) is 0 Å². The van der Waals surface area contributed by atoms with Crippen LogP contribution in [-0.4, -0.2) is 39.1 Å². The van der Waals surface area contributed by atoms with Crippen molar-refractivity contribution in [1.29, 1.82) is 0 Å². The predicted octanol–water partition coefficient (Wildman–Crippen LogP) is 2.25. The van der Waals surface area contributed by atoms with Gasteiger partial charge < -0.3 is 5.11 Å². The van der Waals surface area contributed by atoms with Crippen LogP contribution in [-0.2, 0) is 6.54 Å². The average Bonchev–Trinajstić information content (AvgIpc) is 2.94. The molecule has 1 aliphatic rings. The number of halogens is 1. The molecule has 6 heteroatoms. The Labute approximate surface area is 115 Å². The molecule has 4 nitrogen and oxygen atoms in total. The summed E-state index contributed by atoms with van der Waals surface area (Å²) in [5.41, 5.74) is 1.08. The first-order valence-corrected chi connectivity index (χ1v) is 7.47. The van der Waals surface area contributed by atoms with E-state index in [2.05, 4.69) is 14.3 Å². The third-order valence-corrected chi connectivity index (χ3v) is 4.71. The lowest BCUT2D eigenvalue weighted by molar-refractivity contribution is 0.126. The van der Waals surface area contributed by atoms with Gasteiger partial charge in [-0.25, -0.2) is 4.98 Å². The SMILES string of the molecule is OCC1CCN(Cc2c(Cl)nc3sccn23)CC1. The number of aliphatic hydroxyl groups is 1. The molecule has 98 valence electrons. The monoisotopic (exact) mass is 285 g/mol. The quantitative estimate of drug-likeness (QED) is 0.940. The van der Waals surface area contributed by atoms with Gasteiger partial charge >= 0.3 is 0 Å². The van der Waals surface area contributed by atoms with Gasteiger partial charge in [-0.05, 0) is 31.8 Å². The van der Waals surface area contributed by atoms with Crippen LogP contribution in [0.4, 0.5) is 0 Å². The molecule has 0 amide bonds. The number of imidazole rings is 1. The van der Waals surface area contributed by atoms with Crippen molar-refractivity contribution in [2.24, 2.45) is 5.92 Å². The van der Waals surface area contributed by atoms with Gasteiger partial charge in [0.05, 0.1) is 5.69 Å². The Morgan fingerprint density at radius 2 is 2.22 bits per heavy atom. The van der Waals surface area contributed by atoms with Gasteiger partial charge in [0.25, 0.3) is 0 Å². The maximum absolute atomic E-state index is 9.14. The lowest BCUT2D eigenvalue weighted by atomic mass is 9.98. The summed E-state index contributed by atoms with van der Waals surface area (Å²) in [5, 5.41) is 11.8. The molecule has 1 aliphatic heterocycles. The molecule has 0 aliphatic carbocycles. The number of rotatable bonds is 3. The molecule has 1 saturated heterocycles. The second-order valence-electron chi connectivity index (χ2n) is 4.81. The van der Waals surface area contributed by atoms with Crippen LogP contribution in [0.3, 0.4) is 0 Å². The topological polar surface area (TPSA) is 40.8 Å². The van der Waals surface area contributed by atoms with E-state index in [0.29, 0.717) is 17.7 Å². The molecule has 0 spiro atoms. The minimum Gasteiger partial charge on any atom is -0.396 e. The molecule has 0 unspecified atom stereocenters. The zero-order chi connectivity index (χ0) is 12.5. The Morgan fingerprint density at radius 3 is 2.94 bits per heavy atom. The molecule has 1 N–H and O–H groups in total. The highest BCUT2D eigenvalue weighted by Crippen LogP contribution is 2.24. The average molecular weight is 286 g/mol. The first kappa shape index (κ1) is 12.4. The summed E-state index contributed by atoms with van der Waals surface area (Å²) < 4.78 is 2.07. The molecule has 0 saturated carbocycles. The smallest absolute Gasteiger partial charge is 0.195 e. The Balaban J connectivity index is 1.73. The fourth-order valence-electron chi connectivity index (χ4n) is 2.49. The predicted molar refractivity (Wildman–Crippen MR) is 73.2 cm³/mol. The minimum atomic E-state index is 0.316. The fraction of sp³-hybridized carbons (Fsp3) is 0.583.